The molecule has 3 rings (SSSR count). The number of aromatic nitrogens is 1. The number of ether oxygens (including phenoxy) is 1. The monoisotopic (exact) mass is 327 g/mol. The quantitative estimate of drug-likeness (QED) is 0.762. The number of hydrogen-bond acceptors (Lipinski definition) is 3. The third kappa shape index (κ3) is 3.07. The third-order valence-electron chi connectivity index (χ3n) is 3.49. The molecule has 4 nitrogen and oxygen atoms in total. The Morgan fingerprint density at radius 2 is 1.96 bits per heavy atom. The Balaban J connectivity index is 2.04. The molecular weight excluding hydrogens is 314 g/mol. The van der Waals surface area contributed by atoms with Gasteiger partial charge in [0.05, 0.1) is 7.11 Å². The minimum atomic E-state index is -0.0631. The molecule has 5 heteroatoms. The number of nitrogens with one attached hydrogen (secondary N) is 1. The number of phenolic OH excluding ortho intramolecular Hbond substituents is 1. The summed E-state index contributed by atoms with van der Waals surface area (Å²) in [7, 11) is 1.46. The summed E-state index contributed by atoms with van der Waals surface area (Å²) < 4.78 is 5.07. The summed E-state index contributed by atoms with van der Waals surface area (Å²) >= 11 is 6.00. The van der Waals surface area contributed by atoms with Crippen molar-refractivity contribution < 1.29 is 9.84 Å². The van der Waals surface area contributed by atoms with Crippen LogP contribution in [0, 0.1) is 0 Å². The number of H-pyrrole nitrogens is 1. The lowest BCUT2D eigenvalue weighted by Gasteiger charge is -2.07. The van der Waals surface area contributed by atoms with Crippen molar-refractivity contribution in [3.63, 3.8) is 0 Å². The zero-order valence-electron chi connectivity index (χ0n) is 12.3. The van der Waals surface area contributed by atoms with E-state index in [9.17, 15) is 9.90 Å². The van der Waals surface area contributed by atoms with Gasteiger partial charge in [0.15, 0.2) is 16.9 Å². The van der Waals surface area contributed by atoms with Gasteiger partial charge in [-0.15, -0.1) is 0 Å². The molecule has 0 spiro atoms. The number of methoxy groups -OCH3 is 1. The molecule has 0 aliphatic carbocycles. The molecular formula is C18H14ClNO3. The molecule has 0 bridgehead atoms. The fraction of sp³-hybridized carbons (Fsp3) is 0.0556. The highest BCUT2D eigenvalue weighted by atomic mass is 35.5. The van der Waals surface area contributed by atoms with Gasteiger partial charge in [-0.25, -0.2) is 0 Å². The molecule has 0 atom stereocenters. The summed E-state index contributed by atoms with van der Waals surface area (Å²) in [6, 6.07) is 12.0. The van der Waals surface area contributed by atoms with E-state index < -0.39 is 0 Å². The van der Waals surface area contributed by atoms with E-state index in [4.69, 9.17) is 16.3 Å². The molecule has 0 unspecified atom stereocenters. The molecule has 116 valence electrons. The van der Waals surface area contributed by atoms with Crippen LogP contribution in [0.2, 0.25) is 5.02 Å². The largest absolute Gasteiger partial charge is 0.504 e. The van der Waals surface area contributed by atoms with Crippen LogP contribution in [0.1, 0.15) is 11.3 Å². The Hall–Kier alpha value is -2.72. The van der Waals surface area contributed by atoms with E-state index in [2.05, 4.69) is 4.98 Å². The van der Waals surface area contributed by atoms with Crippen molar-refractivity contribution in [3.05, 3.63) is 69.0 Å². The molecule has 0 aliphatic rings. The average molecular weight is 328 g/mol. The molecule has 0 radical (unpaired) electrons. The van der Waals surface area contributed by atoms with Gasteiger partial charge in [-0.3, -0.25) is 4.79 Å². The van der Waals surface area contributed by atoms with Crippen LogP contribution in [0.25, 0.3) is 23.1 Å². The minimum Gasteiger partial charge on any atom is -0.504 e. The summed E-state index contributed by atoms with van der Waals surface area (Å²) in [6.07, 6.45) is 3.38. The number of halogens is 1. The van der Waals surface area contributed by atoms with Crippen molar-refractivity contribution in [3.8, 4) is 11.5 Å². The van der Waals surface area contributed by atoms with E-state index in [1.54, 1.807) is 24.3 Å². The minimum absolute atomic E-state index is 0.00344. The Labute approximate surface area is 137 Å². The van der Waals surface area contributed by atoms with Gasteiger partial charge in [0.2, 0.25) is 0 Å². The third-order valence-corrected chi connectivity index (χ3v) is 3.71. The molecule has 0 amide bonds. The first kappa shape index (κ1) is 15.2. The Kier molecular flexibility index (Phi) is 4.08. The maximum absolute atomic E-state index is 12.1. The smallest absolute Gasteiger partial charge is 0.189 e. The van der Waals surface area contributed by atoms with Gasteiger partial charge in [0.25, 0.3) is 0 Å². The maximum Gasteiger partial charge on any atom is 0.189 e. The highest BCUT2D eigenvalue weighted by Gasteiger charge is 2.08. The number of para-hydroxylation sites is 1. The summed E-state index contributed by atoms with van der Waals surface area (Å²) in [5.74, 6) is 0.292. The highest BCUT2D eigenvalue weighted by Crippen LogP contribution is 2.34. The molecule has 3 aromatic rings. The van der Waals surface area contributed by atoms with Gasteiger partial charge < -0.3 is 14.8 Å². The van der Waals surface area contributed by atoms with Crippen LogP contribution in [-0.2, 0) is 0 Å². The second-order valence-electron chi connectivity index (χ2n) is 5.01. The lowest BCUT2D eigenvalue weighted by atomic mass is 10.1. The Morgan fingerprint density at radius 3 is 2.74 bits per heavy atom. The van der Waals surface area contributed by atoms with E-state index in [0.29, 0.717) is 27.4 Å². The van der Waals surface area contributed by atoms with Crippen LogP contribution in [0.15, 0.2) is 47.3 Å². The van der Waals surface area contributed by atoms with Crippen LogP contribution in [0.3, 0.4) is 0 Å². The van der Waals surface area contributed by atoms with Gasteiger partial charge >= 0.3 is 0 Å². The summed E-state index contributed by atoms with van der Waals surface area (Å²) in [5, 5.41) is 11.2. The first-order valence-electron chi connectivity index (χ1n) is 6.95. The Morgan fingerprint density at radius 1 is 1.17 bits per heavy atom. The van der Waals surface area contributed by atoms with Crippen LogP contribution < -0.4 is 10.2 Å². The average Bonchev–Trinajstić information content (AvgIpc) is 2.55. The SMILES string of the molecule is COc1cc(Cl)cc(C=Cc2cc(=O)c3ccccc3[nH]2)c1O. The summed E-state index contributed by atoms with van der Waals surface area (Å²) in [5.41, 5.74) is 1.83. The summed E-state index contributed by atoms with van der Waals surface area (Å²) in [4.78, 5) is 15.3. The van der Waals surface area contributed by atoms with Crippen LogP contribution in [0.5, 0.6) is 11.5 Å². The van der Waals surface area contributed by atoms with Gasteiger partial charge in [-0.05, 0) is 30.4 Å². The second-order valence-corrected chi connectivity index (χ2v) is 5.45. The van der Waals surface area contributed by atoms with Crippen LogP contribution in [-0.4, -0.2) is 17.2 Å². The highest BCUT2D eigenvalue weighted by molar-refractivity contribution is 6.31. The zero-order chi connectivity index (χ0) is 16.4. The fourth-order valence-corrected chi connectivity index (χ4v) is 2.58. The first-order valence-corrected chi connectivity index (χ1v) is 7.33. The summed E-state index contributed by atoms with van der Waals surface area (Å²) in [6.45, 7) is 0. The molecule has 23 heavy (non-hydrogen) atoms. The van der Waals surface area contributed by atoms with E-state index in [1.807, 2.05) is 18.2 Å². The predicted molar refractivity (Wildman–Crippen MR) is 93.2 cm³/mol. The number of pyridine rings is 1. The van der Waals surface area contributed by atoms with Crippen molar-refractivity contribution in [2.75, 3.05) is 7.11 Å². The van der Waals surface area contributed by atoms with Crippen molar-refractivity contribution in [1.82, 2.24) is 4.98 Å². The number of hydrogen-bond donors (Lipinski definition) is 2. The fourth-order valence-electron chi connectivity index (χ4n) is 2.36. The molecule has 2 aromatic carbocycles. The van der Waals surface area contributed by atoms with Crippen molar-refractivity contribution in [1.29, 1.82) is 0 Å². The van der Waals surface area contributed by atoms with E-state index in [1.165, 1.54) is 19.2 Å². The van der Waals surface area contributed by atoms with Gasteiger partial charge in [0, 0.05) is 39.3 Å². The second kappa shape index (κ2) is 6.18. The number of rotatable bonds is 3. The van der Waals surface area contributed by atoms with Gasteiger partial charge in [-0.2, -0.15) is 0 Å². The van der Waals surface area contributed by atoms with Crippen LogP contribution in [0.4, 0.5) is 0 Å². The number of aromatic hydroxyl groups is 1. The number of phenols is 1. The van der Waals surface area contributed by atoms with Gasteiger partial charge in [0.1, 0.15) is 0 Å². The molecule has 1 aromatic heterocycles. The predicted octanol–water partition coefficient (Wildman–Crippen LogP) is 4.07. The Bertz CT molecular complexity index is 960. The van der Waals surface area contributed by atoms with Crippen LogP contribution >= 0.6 is 11.6 Å². The molecule has 0 fully saturated rings. The lowest BCUT2D eigenvalue weighted by molar-refractivity contribution is 0.373. The lowest BCUT2D eigenvalue weighted by Crippen LogP contribution is -2.02. The molecule has 1 heterocycles. The number of benzene rings is 2. The first-order chi connectivity index (χ1) is 11.1. The zero-order valence-corrected chi connectivity index (χ0v) is 13.1. The van der Waals surface area contributed by atoms with Crippen molar-refractivity contribution in [2.24, 2.45) is 0 Å². The standard InChI is InChI=1S/C18H14ClNO3/c1-23-17-9-12(19)8-11(18(17)22)6-7-13-10-16(21)14-4-2-3-5-15(14)20-13/h2-10,22H,1H3,(H,20,21). The maximum atomic E-state index is 12.1. The molecule has 0 aliphatic heterocycles. The number of aromatic amines is 1. The molecule has 2 N–H and O–H groups in total. The normalized spacial score (nSPS) is 11.2. The van der Waals surface area contributed by atoms with Crippen molar-refractivity contribution >= 4 is 34.7 Å². The van der Waals surface area contributed by atoms with E-state index >= 15 is 0 Å². The molecule has 0 saturated heterocycles. The van der Waals surface area contributed by atoms with Crippen molar-refractivity contribution in [2.45, 2.75) is 0 Å². The van der Waals surface area contributed by atoms with E-state index in [0.717, 1.165) is 5.52 Å². The van der Waals surface area contributed by atoms with E-state index in [-0.39, 0.29) is 11.2 Å². The topological polar surface area (TPSA) is 62.3 Å². The van der Waals surface area contributed by atoms with Gasteiger partial charge in [-0.1, -0.05) is 23.7 Å². The number of fused-ring (bicyclic) bond motifs is 1. The molecule has 0 saturated carbocycles.